The number of hydrogen-bond donors (Lipinski definition) is 2. The lowest BCUT2D eigenvalue weighted by Crippen LogP contribution is -2.30. The molecule has 0 aliphatic carbocycles. The Balaban J connectivity index is 0.000000687. The lowest BCUT2D eigenvalue weighted by molar-refractivity contribution is -0.169. The molecule has 2 fully saturated rings. The van der Waals surface area contributed by atoms with Crippen molar-refractivity contribution in [1.29, 1.82) is 0 Å². The molecule has 29 heavy (non-hydrogen) atoms. The summed E-state index contributed by atoms with van der Waals surface area (Å²) < 4.78 is 22.9. The number of carboxylic acid groups (broad SMARTS) is 1. The van der Waals surface area contributed by atoms with Crippen LogP contribution in [0.25, 0.3) is 0 Å². The molecule has 0 aromatic carbocycles. The number of nitrogens with one attached hydrogen (secondary N) is 1. The van der Waals surface area contributed by atoms with Crippen molar-refractivity contribution in [3.63, 3.8) is 0 Å². The van der Waals surface area contributed by atoms with E-state index in [0.717, 1.165) is 43.9 Å². The molecule has 1 aromatic heterocycles. The second-order valence-corrected chi connectivity index (χ2v) is 7.87. The maximum Gasteiger partial charge on any atom is 0.300 e. The second-order valence-electron chi connectivity index (χ2n) is 7.47. The molecule has 164 valence electrons. The lowest BCUT2D eigenvalue weighted by Gasteiger charge is -2.23. The molecule has 3 heterocycles. The molecule has 2 saturated heterocycles. The van der Waals surface area contributed by atoms with Gasteiger partial charge in [0, 0.05) is 44.6 Å². The van der Waals surface area contributed by atoms with Crippen LogP contribution in [0.15, 0.2) is 12.4 Å². The molecule has 2 unspecified atom stereocenters. The third-order valence-electron chi connectivity index (χ3n) is 4.40. The van der Waals surface area contributed by atoms with Gasteiger partial charge in [-0.3, -0.25) is 9.78 Å². The van der Waals surface area contributed by atoms with Crippen molar-refractivity contribution in [1.82, 2.24) is 10.3 Å². The summed E-state index contributed by atoms with van der Waals surface area (Å²) in [6.45, 7) is 8.10. The first-order chi connectivity index (χ1) is 13.8. The maximum atomic E-state index is 9.00. The van der Waals surface area contributed by atoms with Crippen molar-refractivity contribution in [3.8, 4) is 0 Å². The average molecular weight is 431 g/mol. The molecule has 0 spiro atoms. The summed E-state index contributed by atoms with van der Waals surface area (Å²) in [6.07, 6.45) is 6.59. The molecular weight excluding hydrogens is 400 g/mol. The zero-order valence-electron chi connectivity index (χ0n) is 17.3. The molecule has 1 aromatic rings. The van der Waals surface area contributed by atoms with E-state index in [9.17, 15) is 0 Å². The highest BCUT2D eigenvalue weighted by atomic mass is 35.5. The van der Waals surface area contributed by atoms with Gasteiger partial charge in [-0.05, 0) is 38.7 Å². The number of halogens is 1. The molecule has 0 amide bonds. The minimum atomic E-state index is -0.833. The third-order valence-corrected chi connectivity index (χ3v) is 4.73. The van der Waals surface area contributed by atoms with Crippen LogP contribution in [0.3, 0.4) is 0 Å². The molecule has 0 bridgehead atoms. The van der Waals surface area contributed by atoms with Crippen LogP contribution in [-0.2, 0) is 36.9 Å². The fourth-order valence-corrected chi connectivity index (χ4v) is 3.30. The van der Waals surface area contributed by atoms with E-state index in [0.29, 0.717) is 31.3 Å². The first-order valence-corrected chi connectivity index (χ1v) is 10.2. The highest BCUT2D eigenvalue weighted by Gasteiger charge is 2.32. The van der Waals surface area contributed by atoms with Crippen LogP contribution in [0.1, 0.15) is 51.2 Å². The highest BCUT2D eigenvalue weighted by molar-refractivity contribution is 6.31. The Kier molecular flexibility index (Phi) is 9.74. The van der Waals surface area contributed by atoms with Gasteiger partial charge in [-0.2, -0.15) is 0 Å². The number of pyridine rings is 1. The summed E-state index contributed by atoms with van der Waals surface area (Å²) in [5, 5.41) is 11.4. The number of hydrogen-bond acceptors (Lipinski definition) is 7. The van der Waals surface area contributed by atoms with Crippen molar-refractivity contribution in [2.24, 2.45) is 0 Å². The number of aromatic nitrogens is 1. The Morgan fingerprint density at radius 2 is 2.17 bits per heavy atom. The molecule has 9 heteroatoms. The zero-order chi connectivity index (χ0) is 21.3. The fourth-order valence-electron chi connectivity index (χ4n) is 3.07. The van der Waals surface area contributed by atoms with Crippen molar-refractivity contribution in [2.75, 3.05) is 19.8 Å². The fraction of sp³-hybridized carbons (Fsp3) is 0.700. The van der Waals surface area contributed by atoms with Crippen LogP contribution in [0.2, 0.25) is 5.02 Å². The minimum absolute atomic E-state index is 0.0532. The largest absolute Gasteiger partial charge is 0.481 e. The Hall–Kier alpha value is -1.29. The second kappa shape index (κ2) is 11.8. The molecule has 8 nitrogen and oxygen atoms in total. The topological polar surface area (TPSA) is 99.1 Å². The van der Waals surface area contributed by atoms with Gasteiger partial charge in [0.05, 0.1) is 24.3 Å². The van der Waals surface area contributed by atoms with E-state index in [1.165, 1.54) is 0 Å². The number of rotatable bonds is 7. The van der Waals surface area contributed by atoms with E-state index in [1.807, 2.05) is 20.0 Å². The molecule has 0 saturated carbocycles. The Labute approximate surface area is 176 Å². The Morgan fingerprint density at radius 3 is 2.79 bits per heavy atom. The molecule has 0 radical (unpaired) electrons. The molecule has 2 aliphatic heterocycles. The molecule has 2 N–H and O–H groups in total. The van der Waals surface area contributed by atoms with E-state index < -0.39 is 11.8 Å². The van der Waals surface area contributed by atoms with E-state index in [4.69, 9.17) is 40.4 Å². The molecule has 2 atom stereocenters. The summed E-state index contributed by atoms with van der Waals surface area (Å²) in [7, 11) is 0. The summed E-state index contributed by atoms with van der Waals surface area (Å²) in [4.78, 5) is 13.2. The van der Waals surface area contributed by atoms with Gasteiger partial charge in [0.15, 0.2) is 12.1 Å². The molecule has 3 rings (SSSR count). The average Bonchev–Trinajstić information content (AvgIpc) is 3.00. The van der Waals surface area contributed by atoms with Gasteiger partial charge in [-0.25, -0.2) is 0 Å². The Morgan fingerprint density at radius 1 is 1.41 bits per heavy atom. The van der Waals surface area contributed by atoms with Crippen LogP contribution >= 0.6 is 11.6 Å². The zero-order valence-corrected chi connectivity index (χ0v) is 18.0. The third kappa shape index (κ3) is 8.94. The van der Waals surface area contributed by atoms with Crippen molar-refractivity contribution >= 4 is 17.6 Å². The SMILES string of the molecule is CC(=O)O.CC1(C)OCC(CNCc2cncc(Cl)c2COC2CCCCO2)O1. The van der Waals surface area contributed by atoms with Crippen LogP contribution in [0.4, 0.5) is 0 Å². The van der Waals surface area contributed by atoms with Crippen molar-refractivity contribution < 1.29 is 28.8 Å². The standard InChI is InChI=1S/C18H27ClN2O4.C2H4O2/c1-18(2)24-11-14(25-18)9-20-7-13-8-21-10-16(19)15(13)12-23-17-5-3-4-6-22-17;1-2(3)4/h8,10,14,17,20H,3-7,9,11-12H2,1-2H3;1H3,(H,3,4). The highest BCUT2D eigenvalue weighted by Crippen LogP contribution is 2.24. The van der Waals surface area contributed by atoms with Crippen LogP contribution < -0.4 is 5.32 Å². The first-order valence-electron chi connectivity index (χ1n) is 9.83. The van der Waals surface area contributed by atoms with Gasteiger partial charge in [0.25, 0.3) is 5.97 Å². The van der Waals surface area contributed by atoms with E-state index in [1.54, 1.807) is 6.20 Å². The predicted octanol–water partition coefficient (Wildman–Crippen LogP) is 3.11. The van der Waals surface area contributed by atoms with Gasteiger partial charge in [-0.15, -0.1) is 0 Å². The number of carboxylic acids is 1. The summed E-state index contributed by atoms with van der Waals surface area (Å²) >= 11 is 6.33. The van der Waals surface area contributed by atoms with Gasteiger partial charge in [0.1, 0.15) is 0 Å². The Bertz CT molecular complexity index is 648. The summed E-state index contributed by atoms with van der Waals surface area (Å²) in [5.41, 5.74) is 1.99. The van der Waals surface area contributed by atoms with Gasteiger partial charge < -0.3 is 29.4 Å². The van der Waals surface area contributed by atoms with Crippen LogP contribution in [-0.4, -0.2) is 54.0 Å². The van der Waals surface area contributed by atoms with Crippen molar-refractivity contribution in [3.05, 3.63) is 28.5 Å². The minimum Gasteiger partial charge on any atom is -0.481 e. The number of carbonyl (C=O) groups is 1. The maximum absolute atomic E-state index is 9.00. The predicted molar refractivity (Wildman–Crippen MR) is 108 cm³/mol. The quantitative estimate of drug-likeness (QED) is 0.680. The van der Waals surface area contributed by atoms with Gasteiger partial charge >= 0.3 is 0 Å². The van der Waals surface area contributed by atoms with Crippen LogP contribution in [0, 0.1) is 0 Å². The summed E-state index contributed by atoms with van der Waals surface area (Å²) in [5.74, 6) is -1.33. The number of ether oxygens (including phenoxy) is 4. The van der Waals surface area contributed by atoms with Crippen LogP contribution in [0.5, 0.6) is 0 Å². The van der Waals surface area contributed by atoms with Gasteiger partial charge in [-0.1, -0.05) is 11.6 Å². The molecular formula is C20H31ClN2O6. The molecule has 2 aliphatic rings. The first kappa shape index (κ1) is 24.0. The smallest absolute Gasteiger partial charge is 0.300 e. The normalized spacial score (nSPS) is 23.3. The van der Waals surface area contributed by atoms with E-state index in [2.05, 4.69) is 10.3 Å². The number of nitrogens with zero attached hydrogens (tertiary/aromatic N) is 1. The van der Waals surface area contributed by atoms with E-state index in [-0.39, 0.29) is 12.4 Å². The van der Waals surface area contributed by atoms with Crippen molar-refractivity contribution in [2.45, 2.75) is 71.4 Å². The van der Waals surface area contributed by atoms with E-state index >= 15 is 0 Å². The number of aliphatic carboxylic acids is 1. The lowest BCUT2D eigenvalue weighted by atomic mass is 10.1. The summed E-state index contributed by atoms with van der Waals surface area (Å²) in [6, 6.07) is 0. The van der Waals surface area contributed by atoms with Gasteiger partial charge in [0.2, 0.25) is 0 Å². The monoisotopic (exact) mass is 430 g/mol.